The van der Waals surface area contributed by atoms with Crippen LogP contribution in [0.1, 0.15) is 19.8 Å². The van der Waals surface area contributed by atoms with Gasteiger partial charge < -0.3 is 19.4 Å². The number of morpholine rings is 1. The second-order valence-corrected chi connectivity index (χ2v) is 8.16. The molecular formula is C20H32N6O2. The van der Waals surface area contributed by atoms with Crippen molar-refractivity contribution in [2.45, 2.75) is 19.8 Å². The minimum atomic E-state index is 0.289. The predicted molar refractivity (Wildman–Crippen MR) is 109 cm³/mol. The Hall–Kier alpha value is -1.93. The maximum absolute atomic E-state index is 12.6. The van der Waals surface area contributed by atoms with Gasteiger partial charge in [-0.3, -0.25) is 9.69 Å². The molecule has 0 bridgehead atoms. The lowest BCUT2D eigenvalue weighted by atomic mass is 9.99. The lowest BCUT2D eigenvalue weighted by molar-refractivity contribution is -0.133. The number of piperidine rings is 1. The molecule has 0 saturated carbocycles. The molecular weight excluding hydrogens is 356 g/mol. The van der Waals surface area contributed by atoms with Crippen LogP contribution in [0.4, 0.5) is 11.6 Å². The van der Waals surface area contributed by atoms with Crippen LogP contribution in [0.2, 0.25) is 0 Å². The summed E-state index contributed by atoms with van der Waals surface area (Å²) in [7, 11) is 0. The Balaban J connectivity index is 1.27. The number of nitrogens with zero attached hydrogens (tertiary/aromatic N) is 6. The van der Waals surface area contributed by atoms with E-state index in [9.17, 15) is 4.79 Å². The van der Waals surface area contributed by atoms with E-state index in [0.29, 0.717) is 6.54 Å². The monoisotopic (exact) mass is 388 g/mol. The number of hydrogen-bond acceptors (Lipinski definition) is 7. The van der Waals surface area contributed by atoms with Crippen molar-refractivity contribution >= 4 is 17.5 Å². The number of carbonyl (C=O) groups excluding carboxylic acids is 1. The fourth-order valence-electron chi connectivity index (χ4n) is 4.16. The highest BCUT2D eigenvalue weighted by Gasteiger charge is 2.25. The van der Waals surface area contributed by atoms with Crippen LogP contribution < -0.4 is 9.80 Å². The lowest BCUT2D eigenvalue weighted by Gasteiger charge is -2.37. The molecule has 0 unspecified atom stereocenters. The van der Waals surface area contributed by atoms with Gasteiger partial charge in [0, 0.05) is 58.4 Å². The molecule has 0 radical (unpaired) electrons. The Morgan fingerprint density at radius 1 is 0.964 bits per heavy atom. The molecule has 8 nitrogen and oxygen atoms in total. The zero-order chi connectivity index (χ0) is 19.3. The first kappa shape index (κ1) is 19.4. The van der Waals surface area contributed by atoms with E-state index < -0.39 is 0 Å². The Morgan fingerprint density at radius 3 is 2.21 bits per heavy atom. The molecule has 3 fully saturated rings. The van der Waals surface area contributed by atoms with Gasteiger partial charge >= 0.3 is 0 Å². The molecule has 4 heterocycles. The highest BCUT2D eigenvalue weighted by molar-refractivity contribution is 5.78. The maximum atomic E-state index is 12.6. The fraction of sp³-hybridized carbons (Fsp3) is 0.750. The normalized spacial score (nSPS) is 22.5. The lowest BCUT2D eigenvalue weighted by Crippen LogP contribution is -2.51. The summed E-state index contributed by atoms with van der Waals surface area (Å²) in [4.78, 5) is 30.4. The van der Waals surface area contributed by atoms with Gasteiger partial charge in [0.25, 0.3) is 0 Å². The average molecular weight is 389 g/mol. The summed E-state index contributed by atoms with van der Waals surface area (Å²) in [5.41, 5.74) is 0. The van der Waals surface area contributed by atoms with Crippen molar-refractivity contribution < 1.29 is 9.53 Å². The molecule has 0 aromatic carbocycles. The summed E-state index contributed by atoms with van der Waals surface area (Å²) in [6, 6.07) is 2.08. The minimum Gasteiger partial charge on any atom is -0.378 e. The third-order valence-electron chi connectivity index (χ3n) is 6.16. The minimum absolute atomic E-state index is 0.289. The molecule has 0 atom stereocenters. The molecule has 28 heavy (non-hydrogen) atoms. The number of carbonyl (C=O) groups is 1. The summed E-state index contributed by atoms with van der Waals surface area (Å²) < 4.78 is 5.43. The molecule has 154 valence electrons. The van der Waals surface area contributed by atoms with Crippen molar-refractivity contribution in [3.63, 3.8) is 0 Å². The van der Waals surface area contributed by atoms with Gasteiger partial charge in [0.1, 0.15) is 18.0 Å². The van der Waals surface area contributed by atoms with Gasteiger partial charge in [-0.25, -0.2) is 9.97 Å². The standard InChI is InChI=1S/C20H32N6O2/c1-17-2-4-26(5-3-17)20(27)15-23-6-8-24(9-7-23)18-14-19(22-16-21-18)25-10-12-28-13-11-25/h14,16-17H,2-13,15H2,1H3. The Morgan fingerprint density at radius 2 is 1.57 bits per heavy atom. The van der Waals surface area contributed by atoms with Crippen molar-refractivity contribution in [1.29, 1.82) is 0 Å². The van der Waals surface area contributed by atoms with Crippen LogP contribution in [0.15, 0.2) is 12.4 Å². The highest BCUT2D eigenvalue weighted by Crippen LogP contribution is 2.20. The van der Waals surface area contributed by atoms with Gasteiger partial charge in [-0.1, -0.05) is 6.92 Å². The van der Waals surface area contributed by atoms with E-state index in [4.69, 9.17) is 4.74 Å². The third kappa shape index (κ3) is 4.72. The van der Waals surface area contributed by atoms with Crippen molar-refractivity contribution in [3.05, 3.63) is 12.4 Å². The van der Waals surface area contributed by atoms with Crippen LogP contribution in [0.3, 0.4) is 0 Å². The molecule has 1 aromatic heterocycles. The quantitative estimate of drug-likeness (QED) is 0.752. The van der Waals surface area contributed by atoms with Crippen LogP contribution in [0.5, 0.6) is 0 Å². The molecule has 3 aliphatic rings. The molecule has 1 aromatic rings. The van der Waals surface area contributed by atoms with E-state index in [0.717, 1.165) is 96.0 Å². The first-order valence-electron chi connectivity index (χ1n) is 10.6. The average Bonchev–Trinajstić information content (AvgIpc) is 2.75. The van der Waals surface area contributed by atoms with E-state index in [2.05, 4.69) is 37.7 Å². The van der Waals surface area contributed by atoms with E-state index in [1.54, 1.807) is 6.33 Å². The van der Waals surface area contributed by atoms with Crippen LogP contribution in [-0.2, 0) is 9.53 Å². The molecule has 0 N–H and O–H groups in total. The maximum Gasteiger partial charge on any atom is 0.236 e. The summed E-state index contributed by atoms with van der Waals surface area (Å²) in [5, 5.41) is 0. The van der Waals surface area contributed by atoms with Crippen LogP contribution in [0, 0.1) is 5.92 Å². The molecule has 0 aliphatic carbocycles. The number of hydrogen-bond donors (Lipinski definition) is 0. The zero-order valence-corrected chi connectivity index (χ0v) is 16.9. The second-order valence-electron chi connectivity index (χ2n) is 8.16. The van der Waals surface area contributed by atoms with Gasteiger partial charge in [-0.15, -0.1) is 0 Å². The van der Waals surface area contributed by atoms with Crippen LogP contribution >= 0.6 is 0 Å². The number of aromatic nitrogens is 2. The summed E-state index contributed by atoms with van der Waals surface area (Å²) in [5.74, 6) is 3.00. The summed E-state index contributed by atoms with van der Waals surface area (Å²) >= 11 is 0. The Bertz CT molecular complexity index is 650. The van der Waals surface area contributed by atoms with Gasteiger partial charge in [0.05, 0.1) is 19.8 Å². The zero-order valence-electron chi connectivity index (χ0n) is 16.9. The van der Waals surface area contributed by atoms with E-state index >= 15 is 0 Å². The van der Waals surface area contributed by atoms with Gasteiger partial charge in [-0.2, -0.15) is 0 Å². The van der Waals surface area contributed by atoms with Crippen LogP contribution in [0.25, 0.3) is 0 Å². The molecule has 4 rings (SSSR count). The van der Waals surface area contributed by atoms with Gasteiger partial charge in [-0.05, 0) is 18.8 Å². The molecule has 8 heteroatoms. The number of likely N-dealkylation sites (tertiary alicyclic amines) is 1. The molecule has 3 aliphatic heterocycles. The third-order valence-corrected chi connectivity index (χ3v) is 6.16. The highest BCUT2D eigenvalue weighted by atomic mass is 16.5. The van der Waals surface area contributed by atoms with Crippen molar-refractivity contribution in [1.82, 2.24) is 19.8 Å². The molecule has 0 spiro atoms. The second kappa shape index (κ2) is 9.05. The van der Waals surface area contributed by atoms with Crippen molar-refractivity contribution in [3.8, 4) is 0 Å². The number of rotatable bonds is 4. The molecule has 3 saturated heterocycles. The number of anilines is 2. The van der Waals surface area contributed by atoms with Crippen molar-refractivity contribution in [2.24, 2.45) is 5.92 Å². The largest absolute Gasteiger partial charge is 0.378 e. The smallest absolute Gasteiger partial charge is 0.236 e. The van der Waals surface area contributed by atoms with Crippen molar-refractivity contribution in [2.75, 3.05) is 81.9 Å². The number of ether oxygens (including phenoxy) is 1. The molecule has 1 amide bonds. The SMILES string of the molecule is CC1CCN(C(=O)CN2CCN(c3cc(N4CCOCC4)ncn3)CC2)CC1. The predicted octanol–water partition coefficient (Wildman–Crippen LogP) is 0.694. The Kier molecular flexibility index (Phi) is 6.26. The number of piperazine rings is 1. The summed E-state index contributed by atoms with van der Waals surface area (Å²) in [6.45, 7) is 11.5. The van der Waals surface area contributed by atoms with Gasteiger partial charge in [0.15, 0.2) is 0 Å². The first-order valence-corrected chi connectivity index (χ1v) is 10.6. The topological polar surface area (TPSA) is 65.0 Å². The van der Waals surface area contributed by atoms with E-state index in [1.165, 1.54) is 0 Å². The number of amides is 1. The van der Waals surface area contributed by atoms with Crippen LogP contribution in [-0.4, -0.2) is 97.8 Å². The van der Waals surface area contributed by atoms with E-state index in [-0.39, 0.29) is 5.91 Å². The Labute approximate surface area is 167 Å². The fourth-order valence-corrected chi connectivity index (χ4v) is 4.16. The van der Waals surface area contributed by atoms with Gasteiger partial charge in [0.2, 0.25) is 5.91 Å². The van der Waals surface area contributed by atoms with E-state index in [1.807, 2.05) is 4.90 Å². The first-order chi connectivity index (χ1) is 13.7. The summed E-state index contributed by atoms with van der Waals surface area (Å²) in [6.07, 6.45) is 3.94.